The van der Waals surface area contributed by atoms with E-state index < -0.39 is 0 Å². The van der Waals surface area contributed by atoms with Crippen LogP contribution in [0.25, 0.3) is 0 Å². The predicted octanol–water partition coefficient (Wildman–Crippen LogP) is 3.24. The first-order valence-electron chi connectivity index (χ1n) is 6.96. The zero-order valence-corrected chi connectivity index (χ0v) is 12.2. The third kappa shape index (κ3) is 3.95. The van der Waals surface area contributed by atoms with Crippen molar-refractivity contribution in [3.05, 3.63) is 58.9 Å². The number of carbonyl (C=O) groups excluding carboxylic acids is 1. The summed E-state index contributed by atoms with van der Waals surface area (Å²) in [7, 11) is 0. The fraction of sp³-hybridized carbons (Fsp3) is 0.250. The summed E-state index contributed by atoms with van der Waals surface area (Å²) in [6, 6.07) is 11.6. The van der Waals surface area contributed by atoms with Gasteiger partial charge in [0.25, 0.3) is 5.91 Å². The first kappa shape index (κ1) is 13.9. The molecular weight excluding hydrogens is 286 g/mol. The van der Waals surface area contributed by atoms with Crippen LogP contribution in [0.1, 0.15) is 28.9 Å². The van der Waals surface area contributed by atoms with E-state index in [1.807, 2.05) is 30.3 Å². The minimum absolute atomic E-state index is 0.176. The number of aromatic nitrogens is 1. The summed E-state index contributed by atoms with van der Waals surface area (Å²) in [5.41, 5.74) is 2.37. The Kier molecular flexibility index (Phi) is 4.06. The Hall–Kier alpha value is -2.07. The molecule has 0 unspecified atom stereocenters. The highest BCUT2D eigenvalue weighted by atomic mass is 35.5. The molecule has 0 radical (unpaired) electrons. The molecule has 1 aromatic carbocycles. The van der Waals surface area contributed by atoms with Crippen LogP contribution in [-0.4, -0.2) is 16.9 Å². The Morgan fingerprint density at radius 1 is 1.24 bits per heavy atom. The van der Waals surface area contributed by atoms with Crippen molar-refractivity contribution in [3.63, 3.8) is 0 Å². The molecule has 4 nitrogen and oxygen atoms in total. The van der Waals surface area contributed by atoms with E-state index in [-0.39, 0.29) is 5.91 Å². The van der Waals surface area contributed by atoms with E-state index in [9.17, 15) is 4.79 Å². The van der Waals surface area contributed by atoms with Gasteiger partial charge in [0.1, 0.15) is 5.69 Å². The molecule has 0 aliphatic heterocycles. The molecule has 0 atom stereocenters. The summed E-state index contributed by atoms with van der Waals surface area (Å²) in [6.07, 6.45) is 4.04. The monoisotopic (exact) mass is 301 g/mol. The lowest BCUT2D eigenvalue weighted by atomic mass is 10.2. The van der Waals surface area contributed by atoms with Crippen molar-refractivity contribution in [1.29, 1.82) is 0 Å². The van der Waals surface area contributed by atoms with Gasteiger partial charge in [-0.15, -0.1) is 0 Å². The van der Waals surface area contributed by atoms with E-state index >= 15 is 0 Å². The van der Waals surface area contributed by atoms with Gasteiger partial charge in [-0.2, -0.15) is 0 Å². The second kappa shape index (κ2) is 6.14. The Morgan fingerprint density at radius 3 is 2.71 bits per heavy atom. The second-order valence-electron chi connectivity index (χ2n) is 5.16. The maximum atomic E-state index is 12.1. The number of halogens is 1. The zero-order valence-electron chi connectivity index (χ0n) is 11.5. The maximum Gasteiger partial charge on any atom is 0.270 e. The number of amides is 1. The number of hydrogen-bond donors (Lipinski definition) is 2. The lowest BCUT2D eigenvalue weighted by Gasteiger charge is -2.08. The van der Waals surface area contributed by atoms with E-state index in [4.69, 9.17) is 11.6 Å². The van der Waals surface area contributed by atoms with Crippen molar-refractivity contribution in [1.82, 2.24) is 10.3 Å². The van der Waals surface area contributed by atoms with Crippen LogP contribution in [0.2, 0.25) is 5.02 Å². The van der Waals surface area contributed by atoms with Crippen LogP contribution in [0.3, 0.4) is 0 Å². The van der Waals surface area contributed by atoms with E-state index in [0.717, 1.165) is 11.3 Å². The van der Waals surface area contributed by atoms with E-state index in [0.29, 0.717) is 23.3 Å². The average Bonchev–Trinajstić information content (AvgIpc) is 3.30. The van der Waals surface area contributed by atoms with Crippen LogP contribution in [-0.2, 0) is 6.54 Å². The van der Waals surface area contributed by atoms with Crippen molar-refractivity contribution >= 4 is 23.2 Å². The normalized spacial score (nSPS) is 13.8. The molecule has 3 rings (SSSR count). The largest absolute Gasteiger partial charge is 0.382 e. The number of anilines is 1. The standard InChI is InChI=1S/C16H16ClN3O/c17-12-3-1-11(2-4-12)10-19-16(21)15-9-14(7-8-18-15)20-13-5-6-13/h1-4,7-9,13H,5-6,10H2,(H,18,20)(H,19,21). The lowest BCUT2D eigenvalue weighted by molar-refractivity contribution is 0.0946. The van der Waals surface area contributed by atoms with Crippen LogP contribution < -0.4 is 10.6 Å². The topological polar surface area (TPSA) is 54.0 Å². The van der Waals surface area contributed by atoms with Crippen LogP contribution in [0.15, 0.2) is 42.6 Å². The van der Waals surface area contributed by atoms with Crippen LogP contribution in [0.4, 0.5) is 5.69 Å². The molecule has 1 amide bonds. The summed E-state index contributed by atoms with van der Waals surface area (Å²) < 4.78 is 0. The molecule has 2 N–H and O–H groups in total. The van der Waals surface area contributed by atoms with Gasteiger partial charge in [0.05, 0.1) is 0 Å². The summed E-state index contributed by atoms with van der Waals surface area (Å²) >= 11 is 5.83. The molecule has 1 aliphatic rings. The fourth-order valence-electron chi connectivity index (χ4n) is 1.98. The zero-order chi connectivity index (χ0) is 14.7. The van der Waals surface area contributed by atoms with E-state index in [1.165, 1.54) is 12.8 Å². The second-order valence-corrected chi connectivity index (χ2v) is 5.59. The van der Waals surface area contributed by atoms with Gasteiger partial charge in [-0.25, -0.2) is 0 Å². The van der Waals surface area contributed by atoms with E-state index in [2.05, 4.69) is 15.6 Å². The van der Waals surface area contributed by atoms with Gasteiger partial charge in [-0.3, -0.25) is 9.78 Å². The molecule has 5 heteroatoms. The number of rotatable bonds is 5. The van der Waals surface area contributed by atoms with Gasteiger partial charge >= 0.3 is 0 Å². The fourth-order valence-corrected chi connectivity index (χ4v) is 2.11. The molecule has 108 valence electrons. The molecule has 1 fully saturated rings. The predicted molar refractivity (Wildman–Crippen MR) is 83.5 cm³/mol. The maximum absolute atomic E-state index is 12.1. The Balaban J connectivity index is 1.60. The average molecular weight is 302 g/mol. The minimum Gasteiger partial charge on any atom is -0.382 e. The molecule has 21 heavy (non-hydrogen) atoms. The van der Waals surface area contributed by atoms with Crippen molar-refractivity contribution < 1.29 is 4.79 Å². The van der Waals surface area contributed by atoms with Crippen molar-refractivity contribution in [2.45, 2.75) is 25.4 Å². The number of pyridine rings is 1. The Morgan fingerprint density at radius 2 is 2.00 bits per heavy atom. The highest BCUT2D eigenvalue weighted by Gasteiger charge is 2.21. The number of nitrogens with one attached hydrogen (secondary N) is 2. The minimum atomic E-state index is -0.176. The molecule has 0 bridgehead atoms. The van der Waals surface area contributed by atoms with Gasteiger partial charge in [0, 0.05) is 29.5 Å². The van der Waals surface area contributed by atoms with Crippen molar-refractivity contribution in [2.24, 2.45) is 0 Å². The molecule has 0 saturated heterocycles. The summed E-state index contributed by atoms with van der Waals surface area (Å²) in [5, 5.41) is 6.90. The van der Waals surface area contributed by atoms with Crippen LogP contribution >= 0.6 is 11.6 Å². The SMILES string of the molecule is O=C(NCc1ccc(Cl)cc1)c1cc(NC2CC2)ccn1. The first-order chi connectivity index (χ1) is 10.2. The Bertz CT molecular complexity index is 638. The third-order valence-electron chi connectivity index (χ3n) is 3.31. The number of benzene rings is 1. The first-order valence-corrected chi connectivity index (χ1v) is 7.34. The third-order valence-corrected chi connectivity index (χ3v) is 3.56. The number of carbonyl (C=O) groups is 1. The highest BCUT2D eigenvalue weighted by Crippen LogP contribution is 2.24. The molecule has 1 heterocycles. The smallest absolute Gasteiger partial charge is 0.270 e. The molecule has 1 saturated carbocycles. The van der Waals surface area contributed by atoms with Crippen LogP contribution in [0, 0.1) is 0 Å². The van der Waals surface area contributed by atoms with Crippen LogP contribution in [0.5, 0.6) is 0 Å². The summed E-state index contributed by atoms with van der Waals surface area (Å²) in [5.74, 6) is -0.176. The quantitative estimate of drug-likeness (QED) is 0.891. The molecular formula is C16H16ClN3O. The molecule has 2 aromatic rings. The van der Waals surface area contributed by atoms with Gasteiger partial charge in [-0.05, 0) is 42.7 Å². The summed E-state index contributed by atoms with van der Waals surface area (Å²) in [4.78, 5) is 16.2. The lowest BCUT2D eigenvalue weighted by Crippen LogP contribution is -2.23. The Labute approximate surface area is 128 Å². The number of nitrogens with zero attached hydrogens (tertiary/aromatic N) is 1. The van der Waals surface area contributed by atoms with E-state index in [1.54, 1.807) is 12.3 Å². The van der Waals surface area contributed by atoms with Crippen molar-refractivity contribution in [2.75, 3.05) is 5.32 Å². The van der Waals surface area contributed by atoms with Gasteiger partial charge in [0.15, 0.2) is 0 Å². The van der Waals surface area contributed by atoms with Gasteiger partial charge in [-0.1, -0.05) is 23.7 Å². The van der Waals surface area contributed by atoms with Crippen molar-refractivity contribution in [3.8, 4) is 0 Å². The number of hydrogen-bond acceptors (Lipinski definition) is 3. The highest BCUT2D eigenvalue weighted by molar-refractivity contribution is 6.30. The van der Waals surface area contributed by atoms with Gasteiger partial charge < -0.3 is 10.6 Å². The molecule has 1 aromatic heterocycles. The van der Waals surface area contributed by atoms with Gasteiger partial charge in [0.2, 0.25) is 0 Å². The summed E-state index contributed by atoms with van der Waals surface area (Å²) in [6.45, 7) is 0.456. The molecule has 1 aliphatic carbocycles. The molecule has 0 spiro atoms.